The third-order valence-corrected chi connectivity index (χ3v) is 4.32. The summed E-state index contributed by atoms with van der Waals surface area (Å²) in [5.74, 6) is -0.102. The van der Waals surface area contributed by atoms with Crippen molar-refractivity contribution in [3.8, 4) is 0 Å². The topological polar surface area (TPSA) is 38.8 Å². The first-order chi connectivity index (χ1) is 9.53. The maximum Gasteiger partial charge on any atom is 0.494 e. The van der Waals surface area contributed by atoms with Crippen molar-refractivity contribution in [2.75, 3.05) is 14.1 Å². The van der Waals surface area contributed by atoms with Gasteiger partial charge in [-0.15, -0.1) is 0 Å². The van der Waals surface area contributed by atoms with Gasteiger partial charge in [0, 0.05) is 24.7 Å². The Balaban J connectivity index is 2.36. The Hall–Kier alpha value is -1.04. The van der Waals surface area contributed by atoms with E-state index >= 15 is 0 Å². The van der Waals surface area contributed by atoms with Crippen LogP contribution in [0.1, 0.15) is 38.1 Å². The molecule has 21 heavy (non-hydrogen) atoms. The van der Waals surface area contributed by atoms with Gasteiger partial charge in [-0.2, -0.15) is 0 Å². The van der Waals surface area contributed by atoms with E-state index in [9.17, 15) is 4.79 Å². The summed E-state index contributed by atoms with van der Waals surface area (Å²) in [5, 5.41) is 0.493. The van der Waals surface area contributed by atoms with Crippen molar-refractivity contribution < 1.29 is 14.1 Å². The summed E-state index contributed by atoms with van der Waals surface area (Å²) in [6, 6.07) is 5.20. The molecule has 0 saturated carbocycles. The zero-order chi connectivity index (χ0) is 16.0. The summed E-state index contributed by atoms with van der Waals surface area (Å²) in [5.41, 5.74) is 0.431. The monoisotopic (exact) mass is 309 g/mol. The van der Waals surface area contributed by atoms with E-state index in [4.69, 9.17) is 20.9 Å². The Morgan fingerprint density at radius 3 is 2.10 bits per heavy atom. The van der Waals surface area contributed by atoms with Crippen LogP contribution in [0, 0.1) is 0 Å². The Bertz CT molecular complexity index is 556. The van der Waals surface area contributed by atoms with E-state index in [2.05, 4.69) is 0 Å². The van der Waals surface area contributed by atoms with Crippen LogP contribution < -0.4 is 5.46 Å². The second-order valence-electron chi connectivity index (χ2n) is 6.56. The molecule has 1 aliphatic heterocycles. The molecule has 1 amide bonds. The second kappa shape index (κ2) is 5.31. The van der Waals surface area contributed by atoms with Crippen molar-refractivity contribution in [2.45, 2.75) is 38.9 Å². The maximum absolute atomic E-state index is 12.1. The first kappa shape index (κ1) is 16.3. The standard InChI is InChI=1S/C15H21BClNO3/c1-14(2)15(3,4)21-16(20-14)11-7-10(8-12(17)9-11)13(19)18(5)6/h7-9H,1-6H3. The molecule has 0 atom stereocenters. The Morgan fingerprint density at radius 1 is 1.10 bits per heavy atom. The molecule has 0 aliphatic carbocycles. The summed E-state index contributed by atoms with van der Waals surface area (Å²) < 4.78 is 12.0. The molecule has 6 heteroatoms. The largest absolute Gasteiger partial charge is 0.494 e. The minimum Gasteiger partial charge on any atom is -0.399 e. The summed E-state index contributed by atoms with van der Waals surface area (Å²) in [4.78, 5) is 13.6. The van der Waals surface area contributed by atoms with Crippen LogP contribution in [0.4, 0.5) is 0 Å². The first-order valence-corrected chi connectivity index (χ1v) is 7.29. The molecule has 0 bridgehead atoms. The van der Waals surface area contributed by atoms with Crippen LogP contribution in [0.2, 0.25) is 5.02 Å². The van der Waals surface area contributed by atoms with E-state index < -0.39 is 18.3 Å². The number of hydrogen-bond donors (Lipinski definition) is 0. The van der Waals surface area contributed by atoms with Crippen molar-refractivity contribution >= 4 is 30.1 Å². The second-order valence-corrected chi connectivity index (χ2v) is 7.00. The highest BCUT2D eigenvalue weighted by atomic mass is 35.5. The highest BCUT2D eigenvalue weighted by Gasteiger charge is 2.51. The van der Waals surface area contributed by atoms with E-state index in [1.165, 1.54) is 4.90 Å². The molecule has 1 heterocycles. The van der Waals surface area contributed by atoms with E-state index in [0.717, 1.165) is 5.46 Å². The lowest BCUT2D eigenvalue weighted by molar-refractivity contribution is 0.00578. The van der Waals surface area contributed by atoms with Gasteiger partial charge in [0.05, 0.1) is 11.2 Å². The number of amides is 1. The molecule has 1 aliphatic rings. The van der Waals surface area contributed by atoms with Gasteiger partial charge in [-0.3, -0.25) is 4.79 Å². The van der Waals surface area contributed by atoms with Gasteiger partial charge in [-0.25, -0.2) is 0 Å². The summed E-state index contributed by atoms with van der Waals surface area (Å²) in [6.07, 6.45) is 0. The van der Waals surface area contributed by atoms with Gasteiger partial charge in [-0.05, 0) is 51.4 Å². The molecular formula is C15H21BClNO3. The SMILES string of the molecule is CN(C)C(=O)c1cc(Cl)cc(B2OC(C)(C)C(C)(C)O2)c1. The molecule has 0 aromatic heterocycles. The molecule has 4 nitrogen and oxygen atoms in total. The van der Waals surface area contributed by atoms with Crippen molar-refractivity contribution in [3.63, 3.8) is 0 Å². The number of halogens is 1. The predicted octanol–water partition coefficient (Wildman–Crippen LogP) is 2.34. The molecule has 0 spiro atoms. The number of hydrogen-bond acceptors (Lipinski definition) is 3. The fourth-order valence-electron chi connectivity index (χ4n) is 2.11. The number of nitrogens with zero attached hydrogens (tertiary/aromatic N) is 1. The maximum atomic E-state index is 12.1. The highest BCUT2D eigenvalue weighted by molar-refractivity contribution is 6.62. The highest BCUT2D eigenvalue weighted by Crippen LogP contribution is 2.36. The van der Waals surface area contributed by atoms with Gasteiger partial charge in [0.25, 0.3) is 5.91 Å². The molecular weight excluding hydrogens is 288 g/mol. The normalized spacial score (nSPS) is 19.7. The minimum atomic E-state index is -0.526. The van der Waals surface area contributed by atoms with Crippen LogP contribution in [-0.2, 0) is 9.31 Å². The third-order valence-electron chi connectivity index (χ3n) is 4.10. The zero-order valence-corrected chi connectivity index (χ0v) is 14.1. The van der Waals surface area contributed by atoms with E-state index in [0.29, 0.717) is 10.6 Å². The fourth-order valence-corrected chi connectivity index (χ4v) is 2.35. The van der Waals surface area contributed by atoms with E-state index in [1.54, 1.807) is 32.3 Å². The number of carbonyl (C=O) groups is 1. The molecule has 0 radical (unpaired) electrons. The smallest absolute Gasteiger partial charge is 0.399 e. The van der Waals surface area contributed by atoms with Crippen molar-refractivity contribution in [2.24, 2.45) is 0 Å². The van der Waals surface area contributed by atoms with Crippen LogP contribution >= 0.6 is 11.6 Å². The van der Waals surface area contributed by atoms with Gasteiger partial charge >= 0.3 is 7.12 Å². The van der Waals surface area contributed by atoms with Crippen LogP contribution in [-0.4, -0.2) is 43.2 Å². The van der Waals surface area contributed by atoms with Crippen molar-refractivity contribution in [1.29, 1.82) is 0 Å². The lowest BCUT2D eigenvalue weighted by Gasteiger charge is -2.32. The molecule has 1 aromatic carbocycles. The molecule has 114 valence electrons. The Morgan fingerprint density at radius 2 is 1.62 bits per heavy atom. The molecule has 2 rings (SSSR count). The average molecular weight is 310 g/mol. The molecule has 1 saturated heterocycles. The zero-order valence-electron chi connectivity index (χ0n) is 13.4. The molecule has 1 fully saturated rings. The number of benzene rings is 1. The Labute approximate surface area is 131 Å². The third kappa shape index (κ3) is 3.10. The fraction of sp³-hybridized carbons (Fsp3) is 0.533. The van der Waals surface area contributed by atoms with Crippen LogP contribution in [0.5, 0.6) is 0 Å². The van der Waals surface area contributed by atoms with Crippen LogP contribution in [0.3, 0.4) is 0 Å². The summed E-state index contributed by atoms with van der Waals surface area (Å²) >= 11 is 6.14. The van der Waals surface area contributed by atoms with E-state index in [1.807, 2.05) is 27.7 Å². The van der Waals surface area contributed by atoms with Crippen molar-refractivity contribution in [3.05, 3.63) is 28.8 Å². The Kier molecular flexibility index (Phi) is 4.13. The minimum absolute atomic E-state index is 0.102. The first-order valence-electron chi connectivity index (χ1n) is 6.91. The van der Waals surface area contributed by atoms with Crippen molar-refractivity contribution in [1.82, 2.24) is 4.90 Å². The van der Waals surface area contributed by atoms with Gasteiger partial charge in [0.15, 0.2) is 0 Å². The quantitative estimate of drug-likeness (QED) is 0.787. The molecule has 0 N–H and O–H groups in total. The lowest BCUT2D eigenvalue weighted by Crippen LogP contribution is -2.41. The van der Waals surface area contributed by atoms with Gasteiger partial charge in [-0.1, -0.05) is 11.6 Å². The van der Waals surface area contributed by atoms with Crippen LogP contribution in [0.25, 0.3) is 0 Å². The lowest BCUT2D eigenvalue weighted by atomic mass is 9.78. The summed E-state index contributed by atoms with van der Waals surface area (Å²) in [6.45, 7) is 7.96. The predicted molar refractivity (Wildman–Crippen MR) is 85.2 cm³/mol. The molecule has 1 aromatic rings. The van der Waals surface area contributed by atoms with E-state index in [-0.39, 0.29) is 5.91 Å². The molecule has 0 unspecified atom stereocenters. The summed E-state index contributed by atoms with van der Waals surface area (Å²) in [7, 11) is 2.89. The van der Waals surface area contributed by atoms with Gasteiger partial charge < -0.3 is 14.2 Å². The van der Waals surface area contributed by atoms with Gasteiger partial charge in [0.2, 0.25) is 0 Å². The van der Waals surface area contributed by atoms with Crippen LogP contribution in [0.15, 0.2) is 18.2 Å². The number of carbonyl (C=O) groups excluding carboxylic acids is 1. The van der Waals surface area contributed by atoms with Gasteiger partial charge in [0.1, 0.15) is 0 Å². The number of rotatable bonds is 2. The average Bonchev–Trinajstić information content (AvgIpc) is 2.56.